The van der Waals surface area contributed by atoms with Crippen molar-refractivity contribution in [3.05, 3.63) is 65.7 Å². The van der Waals surface area contributed by atoms with Gasteiger partial charge in [-0.1, -0.05) is 44.2 Å². The maximum absolute atomic E-state index is 12.8. The van der Waals surface area contributed by atoms with Gasteiger partial charge in [-0.15, -0.1) is 0 Å². The molecule has 0 aliphatic heterocycles. The lowest BCUT2D eigenvalue weighted by Gasteiger charge is -2.21. The molecule has 6 nitrogen and oxygen atoms in total. The van der Waals surface area contributed by atoms with Crippen LogP contribution in [0.25, 0.3) is 5.78 Å². The second-order valence-corrected chi connectivity index (χ2v) is 7.39. The molecule has 0 atom stereocenters. The van der Waals surface area contributed by atoms with Crippen molar-refractivity contribution in [1.29, 1.82) is 0 Å². The summed E-state index contributed by atoms with van der Waals surface area (Å²) >= 11 is 0. The summed E-state index contributed by atoms with van der Waals surface area (Å²) in [4.78, 5) is 33.4. The van der Waals surface area contributed by atoms with Gasteiger partial charge in [-0.05, 0) is 30.5 Å². The summed E-state index contributed by atoms with van der Waals surface area (Å²) in [5.74, 6) is 0.993. The summed E-state index contributed by atoms with van der Waals surface area (Å²) in [6, 6.07) is 8.53. The third kappa shape index (κ3) is 3.96. The molecule has 1 aliphatic carbocycles. The van der Waals surface area contributed by atoms with Crippen molar-refractivity contribution in [2.45, 2.75) is 38.5 Å². The quantitative estimate of drug-likeness (QED) is 0.666. The molecule has 144 valence electrons. The number of imidazole rings is 1. The Balaban J connectivity index is 1.37. The van der Waals surface area contributed by atoms with Gasteiger partial charge in [-0.25, -0.2) is 9.97 Å². The van der Waals surface area contributed by atoms with Gasteiger partial charge in [0.05, 0.1) is 6.20 Å². The maximum Gasteiger partial charge on any atom is 0.251 e. The van der Waals surface area contributed by atoms with Crippen LogP contribution in [0.3, 0.4) is 0 Å². The van der Waals surface area contributed by atoms with Crippen LogP contribution in [-0.4, -0.2) is 32.6 Å². The van der Waals surface area contributed by atoms with Gasteiger partial charge < -0.3 is 5.32 Å². The van der Waals surface area contributed by atoms with E-state index in [-0.39, 0.29) is 11.7 Å². The average Bonchev–Trinajstić information content (AvgIpc) is 3.18. The second-order valence-electron chi connectivity index (χ2n) is 7.39. The van der Waals surface area contributed by atoms with E-state index in [2.05, 4.69) is 15.3 Å². The normalized spacial score (nSPS) is 14.9. The molecule has 1 amide bonds. The van der Waals surface area contributed by atoms with Gasteiger partial charge in [0.1, 0.15) is 5.69 Å². The smallest absolute Gasteiger partial charge is 0.251 e. The Morgan fingerprint density at radius 1 is 1.04 bits per heavy atom. The molecule has 28 heavy (non-hydrogen) atoms. The van der Waals surface area contributed by atoms with Gasteiger partial charge in [0.2, 0.25) is 11.6 Å². The van der Waals surface area contributed by atoms with Crippen LogP contribution in [0, 0.1) is 5.92 Å². The first-order chi connectivity index (χ1) is 13.7. The number of benzene rings is 1. The van der Waals surface area contributed by atoms with Crippen molar-refractivity contribution in [3.8, 4) is 0 Å². The zero-order chi connectivity index (χ0) is 19.3. The number of hydrogen-bond donors (Lipinski definition) is 1. The van der Waals surface area contributed by atoms with Gasteiger partial charge in [0, 0.05) is 30.1 Å². The minimum Gasteiger partial charge on any atom is -0.352 e. The number of carbonyl (C=O) groups excluding carboxylic acids is 2. The third-order valence-corrected chi connectivity index (χ3v) is 5.49. The summed E-state index contributed by atoms with van der Waals surface area (Å²) in [5.41, 5.74) is 1.54. The Labute approximate surface area is 164 Å². The number of ketones is 1. The summed E-state index contributed by atoms with van der Waals surface area (Å²) in [7, 11) is 0. The predicted molar refractivity (Wildman–Crippen MR) is 106 cm³/mol. The van der Waals surface area contributed by atoms with Crippen LogP contribution in [0.15, 0.2) is 48.9 Å². The number of nitrogens with zero attached hydrogens (tertiary/aromatic N) is 3. The molecule has 0 unspecified atom stereocenters. The van der Waals surface area contributed by atoms with Gasteiger partial charge in [-0.2, -0.15) is 0 Å². The Hall–Kier alpha value is -3.02. The van der Waals surface area contributed by atoms with E-state index in [1.54, 1.807) is 47.1 Å². The standard InChI is InChI=1S/C22H24N4O2/c27-20(19-15-25-22-24-12-4-14-26(19)22)17-7-9-18(10-8-17)21(28)23-13-11-16-5-2-1-3-6-16/h4,7-10,12,14-16H,1-3,5-6,11,13H2,(H,23,28). The van der Waals surface area contributed by atoms with E-state index in [0.717, 1.165) is 12.3 Å². The Kier molecular flexibility index (Phi) is 5.46. The van der Waals surface area contributed by atoms with Crippen LogP contribution in [0.4, 0.5) is 0 Å². The molecule has 1 aliphatic rings. The molecule has 1 fully saturated rings. The Morgan fingerprint density at radius 3 is 2.57 bits per heavy atom. The largest absolute Gasteiger partial charge is 0.352 e. The second kappa shape index (κ2) is 8.33. The number of hydrogen-bond acceptors (Lipinski definition) is 4. The molecule has 2 heterocycles. The van der Waals surface area contributed by atoms with Gasteiger partial charge in [0.15, 0.2) is 0 Å². The number of fused-ring (bicyclic) bond motifs is 1. The molecule has 6 heteroatoms. The van der Waals surface area contributed by atoms with Crippen LogP contribution in [0.2, 0.25) is 0 Å². The van der Waals surface area contributed by atoms with E-state index in [4.69, 9.17) is 0 Å². The van der Waals surface area contributed by atoms with E-state index < -0.39 is 0 Å². The molecule has 2 aromatic heterocycles. The first-order valence-corrected chi connectivity index (χ1v) is 9.93. The van der Waals surface area contributed by atoms with Crippen molar-refractivity contribution in [1.82, 2.24) is 19.7 Å². The maximum atomic E-state index is 12.8. The fourth-order valence-corrected chi connectivity index (χ4v) is 3.88. The van der Waals surface area contributed by atoms with E-state index in [0.29, 0.717) is 29.1 Å². The summed E-state index contributed by atoms with van der Waals surface area (Å²) in [6.45, 7) is 0.707. The lowest BCUT2D eigenvalue weighted by Crippen LogP contribution is -2.26. The number of nitrogens with one attached hydrogen (secondary N) is 1. The average molecular weight is 376 g/mol. The molecular formula is C22H24N4O2. The van der Waals surface area contributed by atoms with Crippen molar-refractivity contribution in [2.24, 2.45) is 5.92 Å². The first kappa shape index (κ1) is 18.3. The number of carbonyl (C=O) groups is 2. The molecule has 4 rings (SSSR count). The van der Waals surface area contributed by atoms with Crippen LogP contribution >= 0.6 is 0 Å². The van der Waals surface area contributed by atoms with Crippen molar-refractivity contribution < 1.29 is 9.59 Å². The molecule has 0 radical (unpaired) electrons. The molecule has 1 aromatic carbocycles. The zero-order valence-corrected chi connectivity index (χ0v) is 15.8. The highest BCUT2D eigenvalue weighted by molar-refractivity contribution is 6.08. The van der Waals surface area contributed by atoms with Gasteiger partial charge >= 0.3 is 0 Å². The zero-order valence-electron chi connectivity index (χ0n) is 15.8. The molecule has 0 spiro atoms. The van der Waals surface area contributed by atoms with Crippen LogP contribution in [0.1, 0.15) is 64.9 Å². The molecule has 0 bridgehead atoms. The van der Waals surface area contributed by atoms with E-state index >= 15 is 0 Å². The van der Waals surface area contributed by atoms with E-state index in [1.807, 2.05) is 0 Å². The lowest BCUT2D eigenvalue weighted by molar-refractivity contribution is 0.0948. The minimum absolute atomic E-state index is 0.0891. The van der Waals surface area contributed by atoms with Crippen molar-refractivity contribution >= 4 is 17.5 Å². The Bertz CT molecular complexity index is 972. The topological polar surface area (TPSA) is 76.4 Å². The number of amides is 1. The highest BCUT2D eigenvalue weighted by Gasteiger charge is 2.16. The minimum atomic E-state index is -0.148. The van der Waals surface area contributed by atoms with Crippen LogP contribution in [0.5, 0.6) is 0 Å². The molecule has 3 aromatic rings. The molecular weight excluding hydrogens is 352 g/mol. The third-order valence-electron chi connectivity index (χ3n) is 5.49. The Morgan fingerprint density at radius 2 is 1.79 bits per heavy atom. The first-order valence-electron chi connectivity index (χ1n) is 9.93. The van der Waals surface area contributed by atoms with Crippen LogP contribution < -0.4 is 5.32 Å². The van der Waals surface area contributed by atoms with Crippen molar-refractivity contribution in [2.75, 3.05) is 6.54 Å². The van der Waals surface area contributed by atoms with Gasteiger partial charge in [0.25, 0.3) is 5.91 Å². The van der Waals surface area contributed by atoms with Gasteiger partial charge in [-0.3, -0.25) is 14.0 Å². The monoisotopic (exact) mass is 376 g/mol. The SMILES string of the molecule is O=C(NCCC1CCCCC1)c1ccc(C(=O)c2cnc3ncccn23)cc1. The van der Waals surface area contributed by atoms with Crippen LogP contribution in [-0.2, 0) is 0 Å². The highest BCUT2D eigenvalue weighted by Crippen LogP contribution is 2.25. The fourth-order valence-electron chi connectivity index (χ4n) is 3.88. The molecule has 0 saturated heterocycles. The number of rotatable bonds is 6. The van der Waals surface area contributed by atoms with Crippen molar-refractivity contribution in [3.63, 3.8) is 0 Å². The fraction of sp³-hybridized carbons (Fsp3) is 0.364. The summed E-state index contributed by atoms with van der Waals surface area (Å²) in [5, 5.41) is 3.00. The van der Waals surface area contributed by atoms with E-state index in [9.17, 15) is 9.59 Å². The van der Waals surface area contributed by atoms with E-state index in [1.165, 1.54) is 38.3 Å². The highest BCUT2D eigenvalue weighted by atomic mass is 16.1. The summed E-state index contributed by atoms with van der Waals surface area (Å²) < 4.78 is 1.66. The number of aromatic nitrogens is 3. The molecule has 1 N–H and O–H groups in total. The predicted octanol–water partition coefficient (Wildman–Crippen LogP) is 3.66. The summed E-state index contributed by atoms with van der Waals surface area (Å²) in [6.07, 6.45) is 12.5. The lowest BCUT2D eigenvalue weighted by atomic mass is 9.87. The molecule has 1 saturated carbocycles.